The molecule has 0 spiro atoms. The Labute approximate surface area is 144 Å². The van der Waals surface area contributed by atoms with Crippen LogP contribution in [0.3, 0.4) is 0 Å². The number of halogens is 1. The number of aliphatic imine (C=N–C) groups is 1. The molecule has 0 atom stereocenters. The quantitative estimate of drug-likeness (QED) is 0.300. The van der Waals surface area contributed by atoms with Gasteiger partial charge in [0.15, 0.2) is 5.96 Å². The number of nitrogens with one attached hydrogen (secondary N) is 2. The van der Waals surface area contributed by atoms with Crippen LogP contribution in [-0.2, 0) is 22.6 Å². The molecule has 0 radical (unpaired) electrons. The van der Waals surface area contributed by atoms with Crippen LogP contribution in [0, 0.1) is 0 Å². The maximum absolute atomic E-state index is 5.21. The van der Waals surface area contributed by atoms with Gasteiger partial charge in [0.05, 0.1) is 6.61 Å². The second-order valence-corrected chi connectivity index (χ2v) is 4.40. The molecular formula is C15H26IN3O2. The summed E-state index contributed by atoms with van der Waals surface area (Å²) in [5.74, 6) is 0.799. The Kier molecular flexibility index (Phi) is 12.3. The van der Waals surface area contributed by atoms with Crippen LogP contribution in [-0.4, -0.2) is 40.4 Å². The van der Waals surface area contributed by atoms with Crippen molar-refractivity contribution in [1.29, 1.82) is 0 Å². The van der Waals surface area contributed by atoms with Gasteiger partial charge in [-0.15, -0.1) is 24.0 Å². The average molecular weight is 407 g/mol. The number of guanidine groups is 1. The lowest BCUT2D eigenvalue weighted by molar-refractivity contribution is 0.184. The lowest BCUT2D eigenvalue weighted by atomic mass is 10.1. The van der Waals surface area contributed by atoms with Crippen LogP contribution in [0.15, 0.2) is 29.3 Å². The monoisotopic (exact) mass is 407 g/mol. The van der Waals surface area contributed by atoms with Crippen LogP contribution >= 0.6 is 24.0 Å². The fourth-order valence-corrected chi connectivity index (χ4v) is 1.85. The molecule has 1 aromatic carbocycles. The molecule has 5 nitrogen and oxygen atoms in total. The first kappa shape index (κ1) is 20.1. The smallest absolute Gasteiger partial charge is 0.191 e. The summed E-state index contributed by atoms with van der Waals surface area (Å²) in [4.78, 5) is 4.20. The van der Waals surface area contributed by atoms with Gasteiger partial charge in [-0.05, 0) is 17.5 Å². The van der Waals surface area contributed by atoms with Crippen molar-refractivity contribution in [3.05, 3.63) is 35.4 Å². The first-order valence-corrected chi connectivity index (χ1v) is 6.81. The van der Waals surface area contributed by atoms with E-state index in [9.17, 15) is 0 Å². The summed E-state index contributed by atoms with van der Waals surface area (Å²) >= 11 is 0. The Balaban J connectivity index is 0.00000400. The zero-order chi connectivity index (χ0) is 14.6. The largest absolute Gasteiger partial charge is 0.385 e. The summed E-state index contributed by atoms with van der Waals surface area (Å²) in [6.45, 7) is 2.94. The maximum Gasteiger partial charge on any atom is 0.191 e. The van der Waals surface area contributed by atoms with Crippen molar-refractivity contribution in [3.63, 3.8) is 0 Å². The predicted molar refractivity (Wildman–Crippen MR) is 97.3 cm³/mol. The SMILES string of the molecule is CN=C(NCCCOC)NCc1ccccc1COC.I. The molecule has 0 bridgehead atoms. The summed E-state index contributed by atoms with van der Waals surface area (Å²) in [5.41, 5.74) is 2.41. The van der Waals surface area contributed by atoms with Gasteiger partial charge in [0, 0.05) is 41.0 Å². The van der Waals surface area contributed by atoms with Crippen molar-refractivity contribution < 1.29 is 9.47 Å². The van der Waals surface area contributed by atoms with E-state index in [1.807, 2.05) is 12.1 Å². The maximum atomic E-state index is 5.21. The molecule has 0 aliphatic carbocycles. The summed E-state index contributed by atoms with van der Waals surface area (Å²) in [6, 6.07) is 8.23. The van der Waals surface area contributed by atoms with Gasteiger partial charge in [-0.1, -0.05) is 24.3 Å². The van der Waals surface area contributed by atoms with E-state index < -0.39 is 0 Å². The highest BCUT2D eigenvalue weighted by Crippen LogP contribution is 2.09. The Morgan fingerprint density at radius 3 is 2.43 bits per heavy atom. The van der Waals surface area contributed by atoms with Crippen molar-refractivity contribution in [3.8, 4) is 0 Å². The van der Waals surface area contributed by atoms with E-state index in [4.69, 9.17) is 9.47 Å². The number of rotatable bonds is 8. The van der Waals surface area contributed by atoms with E-state index in [2.05, 4.69) is 27.8 Å². The second kappa shape index (κ2) is 12.8. The lowest BCUT2D eigenvalue weighted by Gasteiger charge is -2.14. The molecule has 1 aromatic rings. The van der Waals surface area contributed by atoms with Crippen LogP contribution in [0.5, 0.6) is 0 Å². The van der Waals surface area contributed by atoms with Crippen LogP contribution in [0.1, 0.15) is 17.5 Å². The van der Waals surface area contributed by atoms with Crippen LogP contribution < -0.4 is 10.6 Å². The fourth-order valence-electron chi connectivity index (χ4n) is 1.85. The van der Waals surface area contributed by atoms with Crippen molar-refractivity contribution in [2.45, 2.75) is 19.6 Å². The highest BCUT2D eigenvalue weighted by atomic mass is 127. The fraction of sp³-hybridized carbons (Fsp3) is 0.533. The molecule has 1 rings (SSSR count). The van der Waals surface area contributed by atoms with E-state index in [-0.39, 0.29) is 24.0 Å². The van der Waals surface area contributed by atoms with Gasteiger partial charge >= 0.3 is 0 Å². The van der Waals surface area contributed by atoms with Gasteiger partial charge in [0.2, 0.25) is 0 Å². The van der Waals surface area contributed by atoms with E-state index in [1.165, 1.54) is 11.1 Å². The molecule has 0 unspecified atom stereocenters. The molecule has 0 aromatic heterocycles. The Bertz CT molecular complexity index is 414. The Morgan fingerprint density at radius 2 is 1.81 bits per heavy atom. The highest BCUT2D eigenvalue weighted by Gasteiger charge is 2.02. The predicted octanol–water partition coefficient (Wildman–Crippen LogP) is 2.15. The zero-order valence-corrected chi connectivity index (χ0v) is 15.3. The van der Waals surface area contributed by atoms with Crippen molar-refractivity contribution in [2.75, 3.05) is 34.4 Å². The molecule has 2 N–H and O–H groups in total. The molecule has 0 amide bonds. The van der Waals surface area contributed by atoms with E-state index >= 15 is 0 Å². The van der Waals surface area contributed by atoms with Gasteiger partial charge in [0.1, 0.15) is 0 Å². The van der Waals surface area contributed by atoms with E-state index in [0.717, 1.165) is 32.1 Å². The first-order chi connectivity index (χ1) is 9.81. The molecule has 0 aliphatic heterocycles. The topological polar surface area (TPSA) is 54.9 Å². The Hall–Kier alpha value is -0.860. The molecule has 0 heterocycles. The molecule has 0 fully saturated rings. The number of ether oxygens (including phenoxy) is 2. The van der Waals surface area contributed by atoms with E-state index in [0.29, 0.717) is 6.61 Å². The molecule has 21 heavy (non-hydrogen) atoms. The Morgan fingerprint density at radius 1 is 1.10 bits per heavy atom. The van der Waals surface area contributed by atoms with E-state index in [1.54, 1.807) is 21.3 Å². The van der Waals surface area contributed by atoms with Gasteiger partial charge in [-0.3, -0.25) is 4.99 Å². The molecule has 6 heteroatoms. The first-order valence-electron chi connectivity index (χ1n) is 6.81. The van der Waals surface area contributed by atoms with Crippen LogP contribution in [0.2, 0.25) is 0 Å². The minimum Gasteiger partial charge on any atom is -0.385 e. The standard InChI is InChI=1S/C15H25N3O2.HI/c1-16-15(17-9-6-10-19-2)18-11-13-7-4-5-8-14(13)12-20-3;/h4-5,7-8H,6,9-12H2,1-3H3,(H2,16,17,18);1H. The number of benzene rings is 1. The van der Waals surface area contributed by atoms with Gasteiger partial charge in [-0.2, -0.15) is 0 Å². The normalized spacial score (nSPS) is 10.9. The molecular weight excluding hydrogens is 381 g/mol. The third kappa shape index (κ3) is 8.23. The summed E-state index contributed by atoms with van der Waals surface area (Å²) < 4.78 is 10.2. The minimum absolute atomic E-state index is 0. The van der Waals surface area contributed by atoms with Crippen molar-refractivity contribution in [2.24, 2.45) is 4.99 Å². The van der Waals surface area contributed by atoms with Gasteiger partial charge in [-0.25, -0.2) is 0 Å². The van der Waals surface area contributed by atoms with Gasteiger partial charge < -0.3 is 20.1 Å². The minimum atomic E-state index is 0. The third-order valence-electron chi connectivity index (χ3n) is 2.91. The number of hydrogen-bond acceptors (Lipinski definition) is 3. The highest BCUT2D eigenvalue weighted by molar-refractivity contribution is 14.0. The molecule has 0 saturated carbocycles. The summed E-state index contributed by atoms with van der Waals surface area (Å²) in [5, 5.41) is 6.56. The zero-order valence-electron chi connectivity index (χ0n) is 13.0. The number of nitrogens with zero attached hydrogens (tertiary/aromatic N) is 1. The van der Waals surface area contributed by atoms with Crippen LogP contribution in [0.4, 0.5) is 0 Å². The molecule has 0 saturated heterocycles. The average Bonchev–Trinajstić information content (AvgIpc) is 2.48. The second-order valence-electron chi connectivity index (χ2n) is 4.40. The summed E-state index contributed by atoms with van der Waals surface area (Å²) in [6.07, 6.45) is 0.956. The number of methoxy groups -OCH3 is 2. The molecule has 120 valence electrons. The van der Waals surface area contributed by atoms with Crippen molar-refractivity contribution in [1.82, 2.24) is 10.6 Å². The lowest BCUT2D eigenvalue weighted by Crippen LogP contribution is -2.37. The van der Waals surface area contributed by atoms with Crippen molar-refractivity contribution >= 4 is 29.9 Å². The third-order valence-corrected chi connectivity index (χ3v) is 2.91. The molecule has 0 aliphatic rings. The number of hydrogen-bond donors (Lipinski definition) is 2. The summed E-state index contributed by atoms with van der Waals surface area (Å²) in [7, 11) is 5.19. The van der Waals surface area contributed by atoms with Gasteiger partial charge in [0.25, 0.3) is 0 Å². The van der Waals surface area contributed by atoms with Crippen LogP contribution in [0.25, 0.3) is 0 Å².